The van der Waals surface area contributed by atoms with E-state index in [1.165, 1.54) is 24.3 Å². The Balaban J connectivity index is 1.47. The molecule has 1 amide bonds. The van der Waals surface area contributed by atoms with Crippen molar-refractivity contribution in [3.05, 3.63) is 83.7 Å². The minimum absolute atomic E-state index is 0.190. The third-order valence-corrected chi connectivity index (χ3v) is 7.46. The highest BCUT2D eigenvalue weighted by Crippen LogP contribution is 2.26. The number of hydrogen-bond donors (Lipinski definition) is 3. The number of para-hydroxylation sites is 2. The van der Waals surface area contributed by atoms with Gasteiger partial charge in [0.15, 0.2) is 0 Å². The van der Waals surface area contributed by atoms with Crippen molar-refractivity contribution in [2.24, 2.45) is 0 Å². The van der Waals surface area contributed by atoms with Crippen LogP contribution < -0.4 is 15.4 Å². The molecule has 3 aromatic carbocycles. The van der Waals surface area contributed by atoms with E-state index in [0.717, 1.165) is 37.7 Å². The van der Waals surface area contributed by atoms with Crippen molar-refractivity contribution in [1.82, 2.24) is 4.90 Å². The van der Waals surface area contributed by atoms with Gasteiger partial charge in [-0.15, -0.1) is 0 Å². The van der Waals surface area contributed by atoms with E-state index in [1.54, 1.807) is 19.1 Å². The van der Waals surface area contributed by atoms with E-state index < -0.39 is 15.8 Å². The van der Waals surface area contributed by atoms with Gasteiger partial charge in [-0.2, -0.15) is 0 Å². The fraction of sp³-hybridized carbons (Fsp3) is 0.269. The summed E-state index contributed by atoms with van der Waals surface area (Å²) in [6.45, 7) is 3.59. The van der Waals surface area contributed by atoms with Gasteiger partial charge < -0.3 is 15.5 Å². The Labute approximate surface area is 205 Å². The van der Waals surface area contributed by atoms with Crippen LogP contribution in [-0.2, 0) is 10.0 Å². The number of hydrogen-bond acceptors (Lipinski definition) is 5. The van der Waals surface area contributed by atoms with E-state index in [-0.39, 0.29) is 22.1 Å². The van der Waals surface area contributed by atoms with E-state index >= 15 is 0 Å². The number of nitrogens with one attached hydrogen (secondary N) is 3. The molecule has 1 fully saturated rings. The lowest BCUT2D eigenvalue weighted by atomic mass is 10.0. The predicted molar refractivity (Wildman–Crippen MR) is 137 cm³/mol. The second-order valence-corrected chi connectivity index (χ2v) is 10.5. The molecule has 3 aromatic rings. The van der Waals surface area contributed by atoms with Crippen molar-refractivity contribution in [1.29, 1.82) is 0 Å². The van der Waals surface area contributed by atoms with Crippen molar-refractivity contribution < 1.29 is 17.6 Å². The van der Waals surface area contributed by atoms with Gasteiger partial charge in [0.1, 0.15) is 5.82 Å². The number of rotatable bonds is 7. The van der Waals surface area contributed by atoms with Crippen LogP contribution in [0.15, 0.2) is 71.6 Å². The van der Waals surface area contributed by atoms with E-state index in [9.17, 15) is 17.6 Å². The van der Waals surface area contributed by atoms with Gasteiger partial charge in [-0.1, -0.05) is 24.3 Å². The Hall–Kier alpha value is -3.43. The monoisotopic (exact) mass is 496 g/mol. The van der Waals surface area contributed by atoms with Crippen molar-refractivity contribution in [3.63, 3.8) is 0 Å². The normalized spacial score (nSPS) is 14.9. The quantitative estimate of drug-likeness (QED) is 0.441. The molecule has 0 atom stereocenters. The first-order valence-corrected chi connectivity index (χ1v) is 12.9. The number of anilines is 3. The van der Waals surface area contributed by atoms with E-state index in [2.05, 4.69) is 27.3 Å². The molecule has 0 radical (unpaired) electrons. The zero-order valence-corrected chi connectivity index (χ0v) is 20.5. The van der Waals surface area contributed by atoms with Gasteiger partial charge in [0.05, 0.1) is 16.3 Å². The minimum Gasteiger partial charge on any atom is -0.381 e. The topological polar surface area (TPSA) is 90.5 Å². The lowest BCUT2D eigenvalue weighted by molar-refractivity contribution is 0.102. The third-order valence-electron chi connectivity index (χ3n) is 6.08. The summed E-state index contributed by atoms with van der Waals surface area (Å²) < 4.78 is 41.7. The fourth-order valence-corrected chi connectivity index (χ4v) is 5.02. The molecule has 184 valence electrons. The van der Waals surface area contributed by atoms with Crippen molar-refractivity contribution >= 4 is 33.0 Å². The van der Waals surface area contributed by atoms with Gasteiger partial charge in [0.2, 0.25) is 0 Å². The van der Waals surface area contributed by atoms with Crippen molar-refractivity contribution in [2.75, 3.05) is 35.5 Å². The molecule has 0 unspecified atom stereocenters. The molecule has 1 aliphatic heterocycles. The van der Waals surface area contributed by atoms with Gasteiger partial charge >= 0.3 is 0 Å². The van der Waals surface area contributed by atoms with Crippen LogP contribution in [0.1, 0.15) is 28.8 Å². The highest BCUT2D eigenvalue weighted by Gasteiger charge is 2.19. The number of piperidine rings is 1. The molecule has 0 spiro atoms. The largest absolute Gasteiger partial charge is 0.381 e. The average Bonchev–Trinajstić information content (AvgIpc) is 2.83. The van der Waals surface area contributed by atoms with Gasteiger partial charge in [-0.05, 0) is 87.9 Å². The summed E-state index contributed by atoms with van der Waals surface area (Å²) >= 11 is 0. The van der Waals surface area contributed by atoms with Crippen molar-refractivity contribution in [3.8, 4) is 0 Å². The van der Waals surface area contributed by atoms with Crippen LogP contribution in [0.4, 0.5) is 21.5 Å². The van der Waals surface area contributed by atoms with E-state index in [1.807, 2.05) is 24.3 Å². The molecule has 9 heteroatoms. The molecule has 4 rings (SSSR count). The number of aryl methyl sites for hydroxylation is 1. The standard InChI is InChI=1S/C26H29FN4O3S/c1-18-10-11-22(17-23(18)27)35(33,34)30-21-7-5-6-19(16-21)26(32)29-25-9-4-3-8-24(25)28-20-12-14-31(2)15-13-20/h3-11,16-17,20,28,30H,12-15H2,1-2H3,(H,29,32). The molecule has 1 heterocycles. The smallest absolute Gasteiger partial charge is 0.261 e. The first-order chi connectivity index (χ1) is 16.7. The molecular weight excluding hydrogens is 467 g/mol. The molecular formula is C26H29FN4O3S. The molecule has 0 saturated carbocycles. The van der Waals surface area contributed by atoms with Crippen LogP contribution in [0.5, 0.6) is 0 Å². The molecule has 0 bridgehead atoms. The van der Waals surface area contributed by atoms with Gasteiger partial charge in [-0.25, -0.2) is 12.8 Å². The van der Waals surface area contributed by atoms with Gasteiger partial charge in [-0.3, -0.25) is 9.52 Å². The lowest BCUT2D eigenvalue weighted by Gasteiger charge is -2.30. The van der Waals surface area contributed by atoms with Crippen molar-refractivity contribution in [2.45, 2.75) is 30.7 Å². The molecule has 7 nitrogen and oxygen atoms in total. The summed E-state index contributed by atoms with van der Waals surface area (Å²) in [4.78, 5) is 15.1. The number of amides is 1. The highest BCUT2D eigenvalue weighted by molar-refractivity contribution is 7.92. The Morgan fingerprint density at radius 3 is 2.40 bits per heavy atom. The zero-order valence-electron chi connectivity index (χ0n) is 19.7. The number of carbonyl (C=O) groups excluding carboxylic acids is 1. The molecule has 35 heavy (non-hydrogen) atoms. The van der Waals surface area contributed by atoms with Crippen LogP contribution in [0.3, 0.4) is 0 Å². The van der Waals surface area contributed by atoms with Crippen LogP contribution >= 0.6 is 0 Å². The molecule has 0 aromatic heterocycles. The third kappa shape index (κ3) is 6.17. The fourth-order valence-electron chi connectivity index (χ4n) is 3.96. The molecule has 1 saturated heterocycles. The predicted octanol–water partition coefficient (Wildman–Crippen LogP) is 4.69. The molecule has 1 aliphatic rings. The molecule has 0 aliphatic carbocycles. The van der Waals surface area contributed by atoms with Crippen LogP contribution in [0.2, 0.25) is 0 Å². The first kappa shape index (κ1) is 24.7. The lowest BCUT2D eigenvalue weighted by Crippen LogP contribution is -2.36. The maximum atomic E-state index is 13.9. The first-order valence-electron chi connectivity index (χ1n) is 11.5. The number of benzene rings is 3. The summed E-state index contributed by atoms with van der Waals surface area (Å²) in [6, 6.07) is 17.7. The highest BCUT2D eigenvalue weighted by atomic mass is 32.2. The SMILES string of the molecule is Cc1ccc(S(=O)(=O)Nc2cccc(C(=O)Nc3ccccc3NC3CCN(C)CC3)c2)cc1F. The number of nitrogens with zero attached hydrogens (tertiary/aromatic N) is 1. The maximum absolute atomic E-state index is 13.9. The number of carbonyl (C=O) groups is 1. The van der Waals surface area contributed by atoms with Crippen LogP contribution in [0, 0.1) is 12.7 Å². The summed E-state index contributed by atoms with van der Waals surface area (Å²) in [5.74, 6) is -0.974. The Morgan fingerprint density at radius 1 is 0.971 bits per heavy atom. The number of sulfonamides is 1. The average molecular weight is 497 g/mol. The summed E-state index contributed by atoms with van der Waals surface area (Å²) in [6.07, 6.45) is 2.04. The Kier molecular flexibility index (Phi) is 7.37. The van der Waals surface area contributed by atoms with E-state index in [0.29, 0.717) is 17.3 Å². The summed E-state index contributed by atoms with van der Waals surface area (Å²) in [7, 11) is -1.91. The molecule has 3 N–H and O–H groups in total. The van der Waals surface area contributed by atoms with Gasteiger partial charge in [0.25, 0.3) is 15.9 Å². The minimum atomic E-state index is -4.02. The second kappa shape index (κ2) is 10.5. The maximum Gasteiger partial charge on any atom is 0.261 e. The van der Waals surface area contributed by atoms with Gasteiger partial charge in [0, 0.05) is 17.3 Å². The number of halogens is 1. The number of likely N-dealkylation sites (tertiary alicyclic amines) is 1. The summed E-state index contributed by atoms with van der Waals surface area (Å²) in [5.41, 5.74) is 2.34. The summed E-state index contributed by atoms with van der Waals surface area (Å²) in [5, 5.41) is 6.45. The van der Waals surface area contributed by atoms with Crippen LogP contribution in [-0.4, -0.2) is 45.4 Å². The van der Waals surface area contributed by atoms with Crippen LogP contribution in [0.25, 0.3) is 0 Å². The zero-order chi connectivity index (χ0) is 25.0. The van der Waals surface area contributed by atoms with E-state index in [4.69, 9.17) is 0 Å². The second-order valence-electron chi connectivity index (χ2n) is 8.82. The Morgan fingerprint density at radius 2 is 1.69 bits per heavy atom. The Bertz CT molecular complexity index is 1320.